The van der Waals surface area contributed by atoms with Gasteiger partial charge in [-0.3, -0.25) is 4.79 Å². The van der Waals surface area contributed by atoms with Crippen LogP contribution in [0.5, 0.6) is 0 Å². The highest BCUT2D eigenvalue weighted by Gasteiger charge is 2.24. The van der Waals surface area contributed by atoms with Gasteiger partial charge in [-0.2, -0.15) is 11.8 Å². The summed E-state index contributed by atoms with van der Waals surface area (Å²) >= 11 is 1.87. The highest BCUT2D eigenvalue weighted by molar-refractivity contribution is 7.99. The highest BCUT2D eigenvalue weighted by atomic mass is 32.2. The molecule has 1 saturated carbocycles. The van der Waals surface area contributed by atoms with E-state index in [0.717, 1.165) is 30.5 Å². The fourth-order valence-corrected chi connectivity index (χ4v) is 3.72. The molecule has 98 valence electrons. The van der Waals surface area contributed by atoms with Crippen molar-refractivity contribution in [2.45, 2.75) is 38.6 Å². The summed E-state index contributed by atoms with van der Waals surface area (Å²) in [5.74, 6) is 3.73. The third-order valence-electron chi connectivity index (χ3n) is 4.07. The molecule has 1 amide bonds. The molecule has 3 unspecified atom stereocenters. The molecule has 0 aromatic carbocycles. The number of thioether (sulfide) groups is 1. The van der Waals surface area contributed by atoms with Crippen molar-refractivity contribution in [3.8, 4) is 0 Å². The number of carbonyl (C=O) groups excluding carboxylic acids is 1. The number of carbonyl (C=O) groups is 1. The Morgan fingerprint density at radius 1 is 1.41 bits per heavy atom. The molecule has 17 heavy (non-hydrogen) atoms. The highest BCUT2D eigenvalue weighted by Crippen LogP contribution is 2.28. The molecule has 1 heterocycles. The lowest BCUT2D eigenvalue weighted by atomic mass is 9.80. The molecule has 2 rings (SSSR count). The number of rotatable bonds is 3. The zero-order valence-electron chi connectivity index (χ0n) is 10.7. The van der Waals surface area contributed by atoms with E-state index in [0.29, 0.717) is 5.92 Å². The first-order valence-corrected chi connectivity index (χ1v) is 8.01. The molecule has 3 atom stereocenters. The van der Waals surface area contributed by atoms with Crippen molar-refractivity contribution >= 4 is 17.7 Å². The lowest BCUT2D eigenvalue weighted by Crippen LogP contribution is -2.50. The standard InChI is InChI=1S/C13H24N2OS/c1-10-4-2-3-5-11(10)8-15-13(16)12-9-17-7-6-14-12/h10-12,14H,2-9H2,1H3,(H,15,16). The summed E-state index contributed by atoms with van der Waals surface area (Å²) in [7, 11) is 0. The Morgan fingerprint density at radius 3 is 2.94 bits per heavy atom. The Balaban J connectivity index is 1.71. The van der Waals surface area contributed by atoms with Crippen LogP contribution < -0.4 is 10.6 Å². The van der Waals surface area contributed by atoms with E-state index in [2.05, 4.69) is 17.6 Å². The zero-order chi connectivity index (χ0) is 12.1. The van der Waals surface area contributed by atoms with Crippen molar-refractivity contribution in [1.29, 1.82) is 0 Å². The number of amides is 1. The van der Waals surface area contributed by atoms with E-state index < -0.39 is 0 Å². The first-order chi connectivity index (χ1) is 8.27. The van der Waals surface area contributed by atoms with Gasteiger partial charge in [0.2, 0.25) is 5.91 Å². The molecule has 0 radical (unpaired) electrons. The van der Waals surface area contributed by atoms with E-state index in [9.17, 15) is 4.79 Å². The lowest BCUT2D eigenvalue weighted by Gasteiger charge is -2.30. The first-order valence-electron chi connectivity index (χ1n) is 6.86. The van der Waals surface area contributed by atoms with Gasteiger partial charge in [0.05, 0.1) is 6.04 Å². The number of nitrogens with one attached hydrogen (secondary N) is 2. The topological polar surface area (TPSA) is 41.1 Å². The molecule has 4 heteroatoms. The second-order valence-electron chi connectivity index (χ2n) is 5.35. The fourth-order valence-electron chi connectivity index (χ4n) is 2.79. The van der Waals surface area contributed by atoms with Crippen LogP contribution in [0.25, 0.3) is 0 Å². The number of hydrogen-bond donors (Lipinski definition) is 2. The van der Waals surface area contributed by atoms with Gasteiger partial charge in [-0.05, 0) is 18.3 Å². The van der Waals surface area contributed by atoms with Crippen LogP contribution in [-0.2, 0) is 4.79 Å². The molecule has 2 aliphatic rings. The molecule has 0 spiro atoms. The Kier molecular flexibility index (Phi) is 5.16. The predicted molar refractivity (Wildman–Crippen MR) is 73.2 cm³/mol. The number of hydrogen-bond acceptors (Lipinski definition) is 3. The minimum absolute atomic E-state index is 0.0349. The second kappa shape index (κ2) is 6.64. The molecule has 0 bridgehead atoms. The van der Waals surface area contributed by atoms with Crippen molar-refractivity contribution in [2.75, 3.05) is 24.6 Å². The SMILES string of the molecule is CC1CCCCC1CNC(=O)C1CSCCN1. The van der Waals surface area contributed by atoms with Gasteiger partial charge in [0.25, 0.3) is 0 Å². The van der Waals surface area contributed by atoms with E-state index >= 15 is 0 Å². The largest absolute Gasteiger partial charge is 0.354 e. The molecule has 0 aromatic heterocycles. The van der Waals surface area contributed by atoms with Crippen LogP contribution in [0.1, 0.15) is 32.6 Å². The van der Waals surface area contributed by atoms with Gasteiger partial charge in [-0.1, -0.05) is 26.2 Å². The third-order valence-corrected chi connectivity index (χ3v) is 5.13. The predicted octanol–water partition coefficient (Wildman–Crippen LogP) is 1.63. The smallest absolute Gasteiger partial charge is 0.238 e. The molecule has 2 N–H and O–H groups in total. The van der Waals surface area contributed by atoms with Crippen molar-refractivity contribution in [3.05, 3.63) is 0 Å². The normalized spacial score (nSPS) is 34.3. The zero-order valence-corrected chi connectivity index (χ0v) is 11.5. The van der Waals surface area contributed by atoms with Crippen molar-refractivity contribution in [2.24, 2.45) is 11.8 Å². The molecule has 3 nitrogen and oxygen atoms in total. The van der Waals surface area contributed by atoms with Gasteiger partial charge in [-0.25, -0.2) is 0 Å². The average molecular weight is 256 g/mol. The van der Waals surface area contributed by atoms with Gasteiger partial charge in [0, 0.05) is 24.6 Å². The van der Waals surface area contributed by atoms with Crippen LogP contribution in [0.3, 0.4) is 0 Å². The van der Waals surface area contributed by atoms with E-state index in [4.69, 9.17) is 0 Å². The average Bonchev–Trinajstić information content (AvgIpc) is 2.38. The minimum atomic E-state index is 0.0349. The molecule has 0 aromatic rings. The third kappa shape index (κ3) is 3.88. The van der Waals surface area contributed by atoms with Gasteiger partial charge < -0.3 is 10.6 Å². The summed E-state index contributed by atoms with van der Waals surface area (Å²) in [4.78, 5) is 12.0. The van der Waals surface area contributed by atoms with Crippen LogP contribution in [0.15, 0.2) is 0 Å². The fraction of sp³-hybridized carbons (Fsp3) is 0.923. The maximum atomic E-state index is 12.0. The summed E-state index contributed by atoms with van der Waals surface area (Å²) in [5, 5.41) is 6.42. The van der Waals surface area contributed by atoms with E-state index in [1.54, 1.807) is 0 Å². The molecular formula is C13H24N2OS. The quantitative estimate of drug-likeness (QED) is 0.806. The molecule has 1 saturated heterocycles. The van der Waals surface area contributed by atoms with E-state index in [1.165, 1.54) is 25.7 Å². The molecular weight excluding hydrogens is 232 g/mol. The van der Waals surface area contributed by atoms with E-state index in [1.807, 2.05) is 11.8 Å². The Hall–Kier alpha value is -0.220. The van der Waals surface area contributed by atoms with Crippen LogP contribution in [0.2, 0.25) is 0 Å². The summed E-state index contributed by atoms with van der Waals surface area (Å²) in [5.41, 5.74) is 0. The second-order valence-corrected chi connectivity index (χ2v) is 6.50. The van der Waals surface area contributed by atoms with Crippen LogP contribution >= 0.6 is 11.8 Å². The maximum Gasteiger partial charge on any atom is 0.238 e. The molecule has 2 fully saturated rings. The van der Waals surface area contributed by atoms with Crippen molar-refractivity contribution in [3.63, 3.8) is 0 Å². The summed E-state index contributed by atoms with van der Waals surface area (Å²) < 4.78 is 0. The van der Waals surface area contributed by atoms with Crippen molar-refractivity contribution < 1.29 is 4.79 Å². The Morgan fingerprint density at radius 2 is 2.24 bits per heavy atom. The Bertz CT molecular complexity index is 254. The first kappa shape index (κ1) is 13.2. The maximum absolute atomic E-state index is 12.0. The lowest BCUT2D eigenvalue weighted by molar-refractivity contribution is -0.122. The van der Waals surface area contributed by atoms with Gasteiger partial charge in [-0.15, -0.1) is 0 Å². The van der Waals surface area contributed by atoms with Crippen molar-refractivity contribution in [1.82, 2.24) is 10.6 Å². The van der Waals surface area contributed by atoms with Gasteiger partial charge in [0.15, 0.2) is 0 Å². The molecule has 1 aliphatic heterocycles. The summed E-state index contributed by atoms with van der Waals surface area (Å²) in [6.07, 6.45) is 5.32. The van der Waals surface area contributed by atoms with Gasteiger partial charge in [0.1, 0.15) is 0 Å². The Labute approximate surface area is 108 Å². The van der Waals surface area contributed by atoms with Crippen LogP contribution in [-0.4, -0.2) is 36.5 Å². The summed E-state index contributed by atoms with van der Waals surface area (Å²) in [6, 6.07) is 0.0349. The van der Waals surface area contributed by atoms with E-state index in [-0.39, 0.29) is 11.9 Å². The van der Waals surface area contributed by atoms with Crippen LogP contribution in [0.4, 0.5) is 0 Å². The minimum Gasteiger partial charge on any atom is -0.354 e. The van der Waals surface area contributed by atoms with Crippen LogP contribution in [0, 0.1) is 11.8 Å². The monoisotopic (exact) mass is 256 g/mol. The summed E-state index contributed by atoms with van der Waals surface area (Å²) in [6.45, 7) is 4.16. The van der Waals surface area contributed by atoms with Gasteiger partial charge >= 0.3 is 0 Å². The molecule has 1 aliphatic carbocycles.